The van der Waals surface area contributed by atoms with Crippen LogP contribution in [0.2, 0.25) is 0 Å². The van der Waals surface area contributed by atoms with Gasteiger partial charge in [-0.1, -0.05) is 109 Å². The van der Waals surface area contributed by atoms with E-state index in [1.54, 1.807) is 0 Å². The van der Waals surface area contributed by atoms with Crippen molar-refractivity contribution in [3.63, 3.8) is 0 Å². The first-order valence-corrected chi connectivity index (χ1v) is 18.7. The number of fused-ring (bicyclic) bond motifs is 11. The number of para-hydroxylation sites is 3. The molecule has 0 spiro atoms. The van der Waals surface area contributed by atoms with E-state index in [-0.39, 0.29) is 0 Å². The average molecular weight is 707 g/mol. The predicted octanol–water partition coefficient (Wildman–Crippen LogP) is 10.9. The van der Waals surface area contributed by atoms with Gasteiger partial charge in [0.05, 0.1) is 27.6 Å². The lowest BCUT2D eigenvalue weighted by Gasteiger charge is -2.22. The Labute approximate surface area is 314 Å². The third-order valence-corrected chi connectivity index (χ3v) is 11.2. The molecule has 0 aliphatic carbocycles. The zero-order valence-electron chi connectivity index (χ0n) is 29.6. The number of aliphatic imine (C=N–C) groups is 2. The Kier molecular flexibility index (Phi) is 6.38. The quantitative estimate of drug-likeness (QED) is 0.195. The fourth-order valence-corrected chi connectivity index (χ4v) is 8.78. The third-order valence-electron chi connectivity index (χ3n) is 11.2. The maximum absolute atomic E-state index is 6.39. The highest BCUT2D eigenvalue weighted by Gasteiger charge is 2.30. The van der Waals surface area contributed by atoms with Crippen LogP contribution in [0.25, 0.3) is 82.0 Å². The normalized spacial score (nSPS) is 14.9. The van der Waals surface area contributed by atoms with E-state index in [9.17, 15) is 0 Å². The molecule has 11 aromatic rings. The molecule has 0 saturated heterocycles. The number of hydrogen-bond donors (Lipinski definition) is 1. The van der Waals surface area contributed by atoms with Gasteiger partial charge in [-0.25, -0.2) is 0 Å². The minimum absolute atomic E-state index is 0.390. The molecule has 1 aliphatic heterocycles. The van der Waals surface area contributed by atoms with Crippen LogP contribution >= 0.6 is 0 Å². The summed E-state index contributed by atoms with van der Waals surface area (Å²) >= 11 is 0. The molecule has 1 aliphatic rings. The first-order valence-electron chi connectivity index (χ1n) is 18.7. The fraction of sp³-hybridized carbons (Fsp3) is 0.0204. The standard InChI is InChI=1S/C49H31N5O/c1-3-13-30(14-4-1)47-50-48(33-23-26-43-39(28-33)40-27-31-15-7-8-16-32(31)29-44(40)55-43)52-49(51-47)54-42-22-12-10-20-36(42)38-25-24-37-35-19-9-11-21-41(35)53(45(37)46(38)54)34-17-5-2-6-18-34/h1-29,49H,(H,50,51,52)/p+1. The molecule has 0 amide bonds. The van der Waals surface area contributed by atoms with Gasteiger partial charge < -0.3 is 8.98 Å². The SMILES string of the molecule is c1ccc(C2=NC(c3ccc4oc5cc6ccccc6cc5c4c3)=NC(n3c4ccccc4c4ccc5c6ccccc6n(-c6ccccc6)c5c43)[NH2+]2)cc1. The average Bonchev–Trinajstić information content (AvgIpc) is 3.90. The van der Waals surface area contributed by atoms with Gasteiger partial charge >= 0.3 is 0 Å². The Hall–Kier alpha value is -7.28. The van der Waals surface area contributed by atoms with Crippen molar-refractivity contribution in [2.75, 3.05) is 0 Å². The molecule has 6 heteroatoms. The van der Waals surface area contributed by atoms with E-state index in [2.05, 4.69) is 184 Å². The zero-order chi connectivity index (χ0) is 36.0. The number of rotatable bonds is 4. The molecule has 4 heterocycles. The number of hydrogen-bond acceptors (Lipinski definition) is 3. The molecule has 12 rings (SSSR count). The van der Waals surface area contributed by atoms with Crippen LogP contribution in [-0.4, -0.2) is 20.8 Å². The second kappa shape index (κ2) is 11.6. The summed E-state index contributed by atoms with van der Waals surface area (Å²) in [5, 5.41) is 11.5. The molecule has 55 heavy (non-hydrogen) atoms. The van der Waals surface area contributed by atoms with Crippen LogP contribution in [0.3, 0.4) is 0 Å². The Morgan fingerprint density at radius 1 is 0.473 bits per heavy atom. The van der Waals surface area contributed by atoms with Crippen molar-refractivity contribution in [3.8, 4) is 5.69 Å². The summed E-state index contributed by atoms with van der Waals surface area (Å²) in [5.41, 5.74) is 9.42. The number of aromatic nitrogens is 2. The topological polar surface area (TPSA) is 64.3 Å². The smallest absolute Gasteiger partial charge is 0.272 e. The maximum atomic E-state index is 6.39. The molecule has 1 atom stereocenters. The molecule has 2 N–H and O–H groups in total. The maximum Gasteiger partial charge on any atom is 0.272 e. The van der Waals surface area contributed by atoms with Gasteiger partial charge in [0.15, 0.2) is 5.84 Å². The Morgan fingerprint density at radius 3 is 1.91 bits per heavy atom. The van der Waals surface area contributed by atoms with Crippen LogP contribution in [0.15, 0.2) is 190 Å². The molecular weight excluding hydrogens is 675 g/mol. The van der Waals surface area contributed by atoms with Crippen molar-refractivity contribution < 1.29 is 9.73 Å². The largest absolute Gasteiger partial charge is 0.456 e. The first kappa shape index (κ1) is 30.2. The highest BCUT2D eigenvalue weighted by Crippen LogP contribution is 2.41. The van der Waals surface area contributed by atoms with Crippen molar-refractivity contribution >= 4 is 88.0 Å². The van der Waals surface area contributed by atoms with Gasteiger partial charge in [0.25, 0.3) is 6.29 Å². The summed E-state index contributed by atoms with van der Waals surface area (Å²) in [6.07, 6.45) is -0.390. The lowest BCUT2D eigenvalue weighted by Crippen LogP contribution is -2.91. The number of quaternary nitrogens is 1. The van der Waals surface area contributed by atoms with E-state index >= 15 is 0 Å². The van der Waals surface area contributed by atoms with E-state index in [4.69, 9.17) is 14.4 Å². The van der Waals surface area contributed by atoms with Crippen molar-refractivity contribution in [2.24, 2.45) is 9.98 Å². The lowest BCUT2D eigenvalue weighted by atomic mass is 10.0. The number of furan rings is 1. The zero-order valence-corrected chi connectivity index (χ0v) is 29.6. The lowest BCUT2D eigenvalue weighted by molar-refractivity contribution is -0.603. The van der Waals surface area contributed by atoms with E-state index in [0.717, 1.165) is 66.5 Å². The minimum Gasteiger partial charge on any atom is -0.456 e. The van der Waals surface area contributed by atoms with Crippen LogP contribution in [0.1, 0.15) is 17.4 Å². The fourth-order valence-electron chi connectivity index (χ4n) is 8.78. The van der Waals surface area contributed by atoms with Crippen molar-refractivity contribution in [3.05, 3.63) is 187 Å². The third kappa shape index (κ3) is 4.52. The van der Waals surface area contributed by atoms with Crippen molar-refractivity contribution in [1.82, 2.24) is 9.13 Å². The second-order valence-corrected chi connectivity index (χ2v) is 14.3. The van der Waals surface area contributed by atoms with Gasteiger partial charge in [0.1, 0.15) is 11.2 Å². The van der Waals surface area contributed by atoms with Gasteiger partial charge in [0.2, 0.25) is 5.84 Å². The summed E-state index contributed by atoms with van der Waals surface area (Å²) < 4.78 is 11.2. The van der Waals surface area contributed by atoms with Crippen LogP contribution < -0.4 is 5.32 Å². The minimum atomic E-state index is -0.390. The molecule has 0 saturated carbocycles. The number of nitrogens with two attached hydrogens (primary N) is 1. The molecule has 1 unspecified atom stereocenters. The van der Waals surface area contributed by atoms with Crippen molar-refractivity contribution in [1.29, 1.82) is 0 Å². The summed E-state index contributed by atoms with van der Waals surface area (Å²) in [6.45, 7) is 0. The number of benzene rings is 8. The van der Waals surface area contributed by atoms with Gasteiger partial charge in [-0.15, -0.1) is 0 Å². The van der Waals surface area contributed by atoms with Crippen LogP contribution in [0, 0.1) is 0 Å². The van der Waals surface area contributed by atoms with Gasteiger partial charge in [-0.05, 0) is 77.5 Å². The summed E-state index contributed by atoms with van der Waals surface area (Å²) in [4.78, 5) is 10.8. The molecule has 258 valence electrons. The highest BCUT2D eigenvalue weighted by atomic mass is 16.3. The van der Waals surface area contributed by atoms with Crippen LogP contribution in [-0.2, 0) is 0 Å². The molecule has 3 aromatic heterocycles. The Balaban J connectivity index is 1.15. The van der Waals surface area contributed by atoms with E-state index in [0.29, 0.717) is 5.84 Å². The molecule has 8 aromatic carbocycles. The molecule has 0 radical (unpaired) electrons. The predicted molar refractivity (Wildman–Crippen MR) is 225 cm³/mol. The molecule has 0 bridgehead atoms. The Morgan fingerprint density at radius 2 is 1.11 bits per heavy atom. The monoisotopic (exact) mass is 706 g/mol. The van der Waals surface area contributed by atoms with Crippen LogP contribution in [0.4, 0.5) is 0 Å². The highest BCUT2D eigenvalue weighted by molar-refractivity contribution is 6.23. The summed E-state index contributed by atoms with van der Waals surface area (Å²) in [5.74, 6) is 1.57. The molecule has 6 nitrogen and oxygen atoms in total. The van der Waals surface area contributed by atoms with Crippen LogP contribution in [0.5, 0.6) is 0 Å². The van der Waals surface area contributed by atoms with Gasteiger partial charge in [0, 0.05) is 43.6 Å². The number of amidine groups is 2. The summed E-state index contributed by atoms with van der Waals surface area (Å²) in [6, 6.07) is 62.3. The Bertz CT molecular complexity index is 3400. The second-order valence-electron chi connectivity index (χ2n) is 14.3. The number of nitrogens with zero attached hydrogens (tertiary/aromatic N) is 4. The van der Waals surface area contributed by atoms with Gasteiger partial charge in [-0.2, -0.15) is 9.98 Å². The van der Waals surface area contributed by atoms with E-state index < -0.39 is 6.29 Å². The first-order chi connectivity index (χ1) is 27.3. The van der Waals surface area contributed by atoms with E-state index in [1.165, 1.54) is 32.4 Å². The summed E-state index contributed by atoms with van der Waals surface area (Å²) in [7, 11) is 0. The van der Waals surface area contributed by atoms with E-state index in [1.807, 2.05) is 6.07 Å². The molecular formula is C49H32N5O+. The van der Waals surface area contributed by atoms with Gasteiger partial charge in [-0.3, -0.25) is 9.88 Å². The molecule has 0 fully saturated rings. The van der Waals surface area contributed by atoms with Crippen molar-refractivity contribution in [2.45, 2.75) is 6.29 Å².